The highest BCUT2D eigenvalue weighted by Crippen LogP contribution is 2.23. The Hall–Kier alpha value is -2.59. The van der Waals surface area contributed by atoms with Gasteiger partial charge in [-0.05, 0) is 41.0 Å². The fraction of sp³-hybridized carbons (Fsp3) is 0.0952. The van der Waals surface area contributed by atoms with E-state index < -0.39 is 12.1 Å². The van der Waals surface area contributed by atoms with Crippen LogP contribution in [-0.2, 0) is 11.2 Å². The van der Waals surface area contributed by atoms with Crippen LogP contribution in [0.3, 0.4) is 0 Å². The fourth-order valence-electron chi connectivity index (χ4n) is 2.58. The third-order valence-corrected chi connectivity index (χ3v) is 4.32. The molecule has 0 aliphatic carbocycles. The van der Waals surface area contributed by atoms with Crippen molar-refractivity contribution in [2.75, 3.05) is 0 Å². The van der Waals surface area contributed by atoms with Gasteiger partial charge in [-0.25, -0.2) is 4.79 Å². The summed E-state index contributed by atoms with van der Waals surface area (Å²) in [5, 5.41) is 9.46. The third kappa shape index (κ3) is 4.70. The quantitative estimate of drug-likeness (QED) is 0.623. The van der Waals surface area contributed by atoms with Gasteiger partial charge in [-0.3, -0.25) is 0 Å². The van der Waals surface area contributed by atoms with Crippen molar-refractivity contribution >= 4 is 21.9 Å². The number of benzene rings is 3. The van der Waals surface area contributed by atoms with Gasteiger partial charge in [0.15, 0.2) is 6.10 Å². The highest BCUT2D eigenvalue weighted by molar-refractivity contribution is 9.10. The van der Waals surface area contributed by atoms with E-state index >= 15 is 0 Å². The lowest BCUT2D eigenvalue weighted by Crippen LogP contribution is -2.29. The second-order valence-corrected chi connectivity index (χ2v) is 6.58. The number of aliphatic carboxylic acids is 1. The predicted molar refractivity (Wildman–Crippen MR) is 102 cm³/mol. The molecular weight excluding hydrogens is 380 g/mol. The zero-order chi connectivity index (χ0) is 17.6. The summed E-state index contributed by atoms with van der Waals surface area (Å²) >= 11 is 3.40. The normalized spacial score (nSPS) is 11.7. The fourth-order valence-corrected chi connectivity index (χ4v) is 3.02. The van der Waals surface area contributed by atoms with E-state index in [1.807, 2.05) is 66.7 Å². The molecule has 25 heavy (non-hydrogen) atoms. The molecular formula is C21H17BrO3. The SMILES string of the molecule is O=C(O)[C@H](Cc1cccc(Br)c1)Oc1ccc(-c2ccccc2)cc1. The van der Waals surface area contributed by atoms with Gasteiger partial charge in [0, 0.05) is 10.9 Å². The number of hydrogen-bond donors (Lipinski definition) is 1. The number of hydrogen-bond acceptors (Lipinski definition) is 2. The molecule has 0 aliphatic heterocycles. The first-order valence-corrected chi connectivity index (χ1v) is 8.70. The Morgan fingerprint density at radius 3 is 2.24 bits per heavy atom. The van der Waals surface area contributed by atoms with E-state index in [9.17, 15) is 9.90 Å². The van der Waals surface area contributed by atoms with E-state index in [4.69, 9.17) is 4.74 Å². The van der Waals surface area contributed by atoms with Gasteiger partial charge in [0.2, 0.25) is 0 Å². The van der Waals surface area contributed by atoms with Crippen molar-refractivity contribution < 1.29 is 14.6 Å². The summed E-state index contributed by atoms with van der Waals surface area (Å²) in [5.74, 6) is -0.436. The maximum atomic E-state index is 11.5. The Bertz CT molecular complexity index is 845. The Labute approximate surface area is 155 Å². The minimum Gasteiger partial charge on any atom is -0.478 e. The van der Waals surface area contributed by atoms with Gasteiger partial charge in [0.05, 0.1) is 0 Å². The molecule has 4 heteroatoms. The van der Waals surface area contributed by atoms with Crippen LogP contribution in [0.15, 0.2) is 83.3 Å². The molecule has 0 heterocycles. The molecule has 0 radical (unpaired) electrons. The second-order valence-electron chi connectivity index (χ2n) is 5.67. The maximum absolute atomic E-state index is 11.5. The van der Waals surface area contributed by atoms with E-state index in [-0.39, 0.29) is 0 Å². The smallest absolute Gasteiger partial charge is 0.345 e. The van der Waals surface area contributed by atoms with Crippen LogP contribution in [-0.4, -0.2) is 17.2 Å². The molecule has 0 unspecified atom stereocenters. The Morgan fingerprint density at radius 2 is 1.60 bits per heavy atom. The maximum Gasteiger partial charge on any atom is 0.345 e. The molecule has 3 aromatic carbocycles. The van der Waals surface area contributed by atoms with Crippen molar-refractivity contribution in [1.29, 1.82) is 0 Å². The number of carboxylic acid groups (broad SMARTS) is 1. The molecule has 3 nitrogen and oxygen atoms in total. The van der Waals surface area contributed by atoms with Crippen LogP contribution in [0.25, 0.3) is 11.1 Å². The lowest BCUT2D eigenvalue weighted by molar-refractivity contribution is -0.145. The number of carboxylic acids is 1. The molecule has 0 saturated heterocycles. The molecule has 0 saturated carbocycles. The van der Waals surface area contributed by atoms with Crippen LogP contribution in [0.1, 0.15) is 5.56 Å². The lowest BCUT2D eigenvalue weighted by atomic mass is 10.1. The number of carbonyl (C=O) groups is 1. The molecule has 0 fully saturated rings. The van der Waals surface area contributed by atoms with Crippen molar-refractivity contribution in [3.63, 3.8) is 0 Å². The Morgan fingerprint density at radius 1 is 0.920 bits per heavy atom. The minimum absolute atomic E-state index is 0.301. The van der Waals surface area contributed by atoms with Gasteiger partial charge in [-0.1, -0.05) is 70.5 Å². The van der Waals surface area contributed by atoms with Crippen LogP contribution in [0.5, 0.6) is 5.75 Å². The molecule has 126 valence electrons. The Balaban J connectivity index is 1.73. The molecule has 3 aromatic rings. The van der Waals surface area contributed by atoms with E-state index in [1.165, 1.54) is 0 Å². The van der Waals surface area contributed by atoms with E-state index in [1.54, 1.807) is 12.1 Å². The zero-order valence-electron chi connectivity index (χ0n) is 13.4. The molecule has 3 rings (SSSR count). The molecule has 0 aliphatic rings. The van der Waals surface area contributed by atoms with Gasteiger partial charge >= 0.3 is 5.97 Å². The molecule has 0 bridgehead atoms. The van der Waals surface area contributed by atoms with Crippen LogP contribution in [0, 0.1) is 0 Å². The summed E-state index contributed by atoms with van der Waals surface area (Å²) in [6, 6.07) is 25.1. The molecule has 0 spiro atoms. The van der Waals surface area contributed by atoms with Crippen molar-refractivity contribution in [3.05, 3.63) is 88.9 Å². The van der Waals surface area contributed by atoms with Crippen LogP contribution in [0.2, 0.25) is 0 Å². The summed E-state index contributed by atoms with van der Waals surface area (Å²) in [5.41, 5.74) is 3.08. The standard InChI is InChI=1S/C21H17BrO3/c22-18-8-4-5-15(13-18)14-20(21(23)24)25-19-11-9-17(10-12-19)16-6-2-1-3-7-16/h1-13,20H,14H2,(H,23,24)/t20-/m0/s1. The highest BCUT2D eigenvalue weighted by Gasteiger charge is 2.20. The average molecular weight is 397 g/mol. The monoisotopic (exact) mass is 396 g/mol. The first-order valence-electron chi connectivity index (χ1n) is 7.91. The first-order chi connectivity index (χ1) is 12.1. The predicted octanol–water partition coefficient (Wildman–Crippen LogP) is 5.19. The number of ether oxygens (including phenoxy) is 1. The minimum atomic E-state index is -0.980. The van der Waals surface area contributed by atoms with Crippen molar-refractivity contribution in [2.45, 2.75) is 12.5 Å². The van der Waals surface area contributed by atoms with Crippen LogP contribution < -0.4 is 4.74 Å². The van der Waals surface area contributed by atoms with Crippen LogP contribution >= 0.6 is 15.9 Å². The van der Waals surface area contributed by atoms with Gasteiger partial charge in [0.1, 0.15) is 5.75 Å². The van der Waals surface area contributed by atoms with Crippen molar-refractivity contribution in [1.82, 2.24) is 0 Å². The first kappa shape index (κ1) is 17.2. The van der Waals surface area contributed by atoms with Gasteiger partial charge in [-0.2, -0.15) is 0 Å². The summed E-state index contributed by atoms with van der Waals surface area (Å²) < 4.78 is 6.61. The summed E-state index contributed by atoms with van der Waals surface area (Å²) in [6.45, 7) is 0. The van der Waals surface area contributed by atoms with Gasteiger partial charge < -0.3 is 9.84 Å². The Kier molecular flexibility index (Phi) is 5.51. The molecule has 0 amide bonds. The van der Waals surface area contributed by atoms with Gasteiger partial charge in [0.25, 0.3) is 0 Å². The molecule has 1 atom stereocenters. The van der Waals surface area contributed by atoms with E-state index in [2.05, 4.69) is 15.9 Å². The zero-order valence-corrected chi connectivity index (χ0v) is 15.0. The topological polar surface area (TPSA) is 46.5 Å². The summed E-state index contributed by atoms with van der Waals surface area (Å²) in [6.07, 6.45) is -0.633. The molecule has 0 aromatic heterocycles. The number of rotatable bonds is 6. The van der Waals surface area contributed by atoms with Gasteiger partial charge in [-0.15, -0.1) is 0 Å². The summed E-state index contributed by atoms with van der Waals surface area (Å²) in [7, 11) is 0. The lowest BCUT2D eigenvalue weighted by Gasteiger charge is -2.16. The van der Waals surface area contributed by atoms with Crippen molar-refractivity contribution in [2.24, 2.45) is 0 Å². The second kappa shape index (κ2) is 7.99. The number of halogens is 1. The highest BCUT2D eigenvalue weighted by atomic mass is 79.9. The third-order valence-electron chi connectivity index (χ3n) is 3.83. The molecule has 1 N–H and O–H groups in total. The van der Waals surface area contributed by atoms with Crippen molar-refractivity contribution in [3.8, 4) is 16.9 Å². The van der Waals surface area contributed by atoms with E-state index in [0.29, 0.717) is 12.2 Å². The summed E-state index contributed by atoms with van der Waals surface area (Å²) in [4.78, 5) is 11.5. The largest absolute Gasteiger partial charge is 0.478 e. The average Bonchev–Trinajstić information content (AvgIpc) is 2.62. The van der Waals surface area contributed by atoms with Crippen LogP contribution in [0.4, 0.5) is 0 Å². The van der Waals surface area contributed by atoms with E-state index in [0.717, 1.165) is 21.2 Å².